The van der Waals surface area contributed by atoms with E-state index in [1.165, 1.54) is 205 Å². The molecule has 0 aromatic heterocycles. The van der Waals surface area contributed by atoms with Gasteiger partial charge in [-0.05, 0) is 38.5 Å². The van der Waals surface area contributed by atoms with Crippen molar-refractivity contribution in [3.05, 3.63) is 12.2 Å². The Balaban J connectivity index is 1.89. The average Bonchev–Trinajstić information content (AvgIpc) is 3.28. The summed E-state index contributed by atoms with van der Waals surface area (Å²) in [5, 5.41) is 53.7. The Kier molecular flexibility index (Phi) is 42.6. The van der Waals surface area contributed by atoms with Gasteiger partial charge in [-0.25, -0.2) is 0 Å². The van der Waals surface area contributed by atoms with Gasteiger partial charge in [0.15, 0.2) is 6.29 Å². The summed E-state index contributed by atoms with van der Waals surface area (Å²) in [5.41, 5.74) is 0. The number of amides is 1. The number of carbonyl (C=O) groups is 1. The van der Waals surface area contributed by atoms with Gasteiger partial charge in [0, 0.05) is 6.42 Å². The number of aliphatic hydroxyl groups excluding tert-OH is 5. The summed E-state index contributed by atoms with van der Waals surface area (Å²) in [6, 6.07) is -0.710. The summed E-state index contributed by atoms with van der Waals surface area (Å²) in [7, 11) is 0. The highest BCUT2D eigenvalue weighted by Crippen LogP contribution is 2.23. The molecule has 7 atom stereocenters. The van der Waals surface area contributed by atoms with Crippen molar-refractivity contribution in [2.75, 3.05) is 13.2 Å². The molecule has 1 fully saturated rings. The fraction of sp³-hybridized carbons (Fsp3) is 0.944. The molecule has 1 amide bonds. The third-order valence-corrected chi connectivity index (χ3v) is 13.4. The maximum atomic E-state index is 12.8. The zero-order chi connectivity index (χ0) is 45.9. The minimum atomic E-state index is -1.55. The van der Waals surface area contributed by atoms with Crippen LogP contribution in [0.1, 0.15) is 271 Å². The van der Waals surface area contributed by atoms with Crippen molar-refractivity contribution in [1.82, 2.24) is 5.32 Å². The lowest BCUT2D eigenvalue weighted by molar-refractivity contribution is -0.302. The molecule has 1 saturated heterocycles. The molecule has 0 bridgehead atoms. The first-order valence-corrected chi connectivity index (χ1v) is 27.4. The van der Waals surface area contributed by atoms with Gasteiger partial charge in [0.25, 0.3) is 0 Å². The van der Waals surface area contributed by atoms with Crippen LogP contribution in [-0.2, 0) is 14.3 Å². The Bertz CT molecular complexity index is 997. The van der Waals surface area contributed by atoms with E-state index in [-0.39, 0.29) is 12.5 Å². The summed E-state index contributed by atoms with van der Waals surface area (Å²) in [6.07, 6.45) is 48.1. The van der Waals surface area contributed by atoms with Crippen LogP contribution >= 0.6 is 0 Å². The van der Waals surface area contributed by atoms with Crippen LogP contribution in [0.2, 0.25) is 0 Å². The molecular weight excluding hydrogens is 791 g/mol. The molecule has 0 spiro atoms. The van der Waals surface area contributed by atoms with Crippen LogP contribution in [0, 0.1) is 0 Å². The summed E-state index contributed by atoms with van der Waals surface area (Å²) in [4.78, 5) is 12.8. The molecule has 6 N–H and O–H groups in total. The molecule has 0 radical (unpaired) electrons. The van der Waals surface area contributed by atoms with E-state index in [4.69, 9.17) is 9.47 Å². The van der Waals surface area contributed by atoms with Crippen LogP contribution in [0.5, 0.6) is 0 Å². The lowest BCUT2D eigenvalue weighted by atomic mass is 9.99. The van der Waals surface area contributed by atoms with Gasteiger partial charge in [0.2, 0.25) is 5.91 Å². The number of hydrogen-bond acceptors (Lipinski definition) is 8. The Morgan fingerprint density at radius 1 is 0.524 bits per heavy atom. The van der Waals surface area contributed by atoms with Crippen LogP contribution in [-0.4, -0.2) is 87.5 Å². The first-order chi connectivity index (χ1) is 30.8. The molecule has 374 valence electrons. The van der Waals surface area contributed by atoms with E-state index in [1.54, 1.807) is 0 Å². The average molecular weight is 896 g/mol. The number of ether oxygens (including phenoxy) is 2. The smallest absolute Gasteiger partial charge is 0.220 e. The Hall–Kier alpha value is -1.07. The molecule has 0 aromatic rings. The molecule has 9 heteroatoms. The van der Waals surface area contributed by atoms with E-state index in [9.17, 15) is 30.3 Å². The molecule has 63 heavy (non-hydrogen) atoms. The van der Waals surface area contributed by atoms with E-state index in [1.807, 2.05) is 0 Å². The number of carbonyl (C=O) groups excluding carboxylic acids is 1. The number of hydrogen-bond donors (Lipinski definition) is 6. The first kappa shape index (κ1) is 59.9. The van der Waals surface area contributed by atoms with Crippen LogP contribution in [0.3, 0.4) is 0 Å². The van der Waals surface area contributed by atoms with Gasteiger partial charge in [-0.1, -0.05) is 238 Å². The lowest BCUT2D eigenvalue weighted by Gasteiger charge is -2.40. The third-order valence-electron chi connectivity index (χ3n) is 13.4. The molecule has 0 aliphatic carbocycles. The minimum absolute atomic E-state index is 0.138. The number of nitrogens with one attached hydrogen (secondary N) is 1. The molecule has 7 unspecified atom stereocenters. The van der Waals surface area contributed by atoms with Gasteiger partial charge in [-0.15, -0.1) is 0 Å². The highest BCUT2D eigenvalue weighted by molar-refractivity contribution is 5.76. The zero-order valence-electron chi connectivity index (χ0n) is 41.4. The fourth-order valence-electron chi connectivity index (χ4n) is 8.98. The summed E-state index contributed by atoms with van der Waals surface area (Å²) in [5.74, 6) is -0.151. The van der Waals surface area contributed by atoms with Crippen molar-refractivity contribution in [1.29, 1.82) is 0 Å². The van der Waals surface area contributed by atoms with Gasteiger partial charge < -0.3 is 40.3 Å². The molecule has 1 aliphatic heterocycles. The maximum Gasteiger partial charge on any atom is 0.220 e. The summed E-state index contributed by atoms with van der Waals surface area (Å²) in [6.45, 7) is 3.69. The predicted molar refractivity (Wildman–Crippen MR) is 263 cm³/mol. The largest absolute Gasteiger partial charge is 0.394 e. The maximum absolute atomic E-state index is 12.8. The van der Waals surface area contributed by atoms with Crippen molar-refractivity contribution in [3.63, 3.8) is 0 Å². The Labute approximate surface area is 388 Å². The van der Waals surface area contributed by atoms with Crippen molar-refractivity contribution >= 4 is 5.91 Å². The van der Waals surface area contributed by atoms with Crippen LogP contribution in [0.4, 0.5) is 0 Å². The lowest BCUT2D eigenvalue weighted by Crippen LogP contribution is -2.60. The van der Waals surface area contributed by atoms with Gasteiger partial charge in [-0.3, -0.25) is 4.79 Å². The predicted octanol–water partition coefficient (Wildman–Crippen LogP) is 12.8. The van der Waals surface area contributed by atoms with E-state index in [0.717, 1.165) is 38.5 Å². The summed E-state index contributed by atoms with van der Waals surface area (Å²) < 4.78 is 11.1. The van der Waals surface area contributed by atoms with Crippen molar-refractivity contribution in [3.8, 4) is 0 Å². The second-order valence-corrected chi connectivity index (χ2v) is 19.4. The number of rotatable bonds is 47. The van der Waals surface area contributed by atoms with Crippen LogP contribution in [0.25, 0.3) is 0 Å². The van der Waals surface area contributed by atoms with Crippen molar-refractivity contribution < 1.29 is 39.8 Å². The van der Waals surface area contributed by atoms with E-state index in [0.29, 0.717) is 12.8 Å². The molecule has 1 heterocycles. The topological polar surface area (TPSA) is 149 Å². The molecule has 9 nitrogen and oxygen atoms in total. The monoisotopic (exact) mass is 896 g/mol. The van der Waals surface area contributed by atoms with Crippen molar-refractivity contribution in [2.24, 2.45) is 0 Å². The molecule has 0 aromatic carbocycles. The van der Waals surface area contributed by atoms with Gasteiger partial charge in [0.1, 0.15) is 24.4 Å². The standard InChI is InChI=1S/C54H105NO8/c1-3-5-7-8-9-10-11-12-13-14-15-16-17-18-19-20-21-22-23-24-25-26-27-28-29-30-31-32-33-34-35-36-37-38-39-40-42-44-50(58)55-47(48(57)43-41-6-4-2)46-62-54-53(61)52(60)51(59)49(45-56)63-54/h14-15,47-49,51-54,56-57,59-61H,3-13,16-46H2,1-2H3,(H,55,58)/b15-14-. The Morgan fingerprint density at radius 2 is 0.889 bits per heavy atom. The molecular formula is C54H105NO8. The normalized spacial score (nSPS) is 20.1. The Morgan fingerprint density at radius 3 is 1.29 bits per heavy atom. The second-order valence-electron chi connectivity index (χ2n) is 19.4. The molecule has 1 aliphatic rings. The second kappa shape index (κ2) is 44.7. The highest BCUT2D eigenvalue weighted by Gasteiger charge is 2.44. The van der Waals surface area contributed by atoms with Gasteiger partial charge in [-0.2, -0.15) is 0 Å². The third kappa shape index (κ3) is 34.8. The highest BCUT2D eigenvalue weighted by atomic mass is 16.7. The van der Waals surface area contributed by atoms with Crippen LogP contribution < -0.4 is 5.32 Å². The summed E-state index contributed by atoms with van der Waals surface area (Å²) >= 11 is 0. The van der Waals surface area contributed by atoms with Crippen molar-refractivity contribution in [2.45, 2.75) is 314 Å². The van der Waals surface area contributed by atoms with Gasteiger partial charge >= 0.3 is 0 Å². The van der Waals surface area contributed by atoms with E-state index >= 15 is 0 Å². The van der Waals surface area contributed by atoms with E-state index in [2.05, 4.69) is 31.3 Å². The number of unbranched alkanes of at least 4 members (excludes halogenated alkanes) is 35. The zero-order valence-corrected chi connectivity index (χ0v) is 41.4. The first-order valence-electron chi connectivity index (χ1n) is 27.4. The van der Waals surface area contributed by atoms with Gasteiger partial charge in [0.05, 0.1) is 25.4 Å². The quantitative estimate of drug-likeness (QED) is 0.0261. The van der Waals surface area contributed by atoms with Crippen LogP contribution in [0.15, 0.2) is 12.2 Å². The minimum Gasteiger partial charge on any atom is -0.394 e. The number of aliphatic hydroxyl groups is 5. The number of allylic oxidation sites excluding steroid dienone is 2. The fourth-order valence-corrected chi connectivity index (χ4v) is 8.98. The SMILES string of the molecule is CCCCCCCCCC/C=C\CCCCCCCCCCCCCCCCCCCCCCCCCCCC(=O)NC(COC1OC(CO)C(O)C(O)C1O)C(O)CCCCC. The molecule has 1 rings (SSSR count). The van der Waals surface area contributed by atoms with E-state index < -0.39 is 49.5 Å². The molecule has 0 saturated carbocycles.